The lowest BCUT2D eigenvalue weighted by Gasteiger charge is -2.24. The van der Waals surface area contributed by atoms with Gasteiger partial charge in [-0.1, -0.05) is 38.4 Å². The Bertz CT molecular complexity index is 573. The maximum absolute atomic E-state index is 6.24. The van der Waals surface area contributed by atoms with Gasteiger partial charge in [0.2, 0.25) is 0 Å². The van der Waals surface area contributed by atoms with Gasteiger partial charge in [-0.05, 0) is 24.0 Å². The summed E-state index contributed by atoms with van der Waals surface area (Å²) >= 11 is 12.1. The van der Waals surface area contributed by atoms with Crippen LogP contribution in [0, 0.1) is 5.41 Å². The number of imidazole rings is 1. The average molecular weight is 299 g/mol. The van der Waals surface area contributed by atoms with Gasteiger partial charge < -0.3 is 4.57 Å². The lowest BCUT2D eigenvalue weighted by molar-refractivity contribution is 0.294. The van der Waals surface area contributed by atoms with Gasteiger partial charge in [-0.3, -0.25) is 0 Å². The summed E-state index contributed by atoms with van der Waals surface area (Å²) in [6.07, 6.45) is 1.89. The Hall–Kier alpha value is -0.730. The Morgan fingerprint density at radius 3 is 2.68 bits per heavy atom. The van der Waals surface area contributed by atoms with Crippen LogP contribution >= 0.6 is 23.2 Å². The van der Waals surface area contributed by atoms with Crippen molar-refractivity contribution in [1.29, 1.82) is 0 Å². The van der Waals surface area contributed by atoms with E-state index in [1.807, 2.05) is 12.1 Å². The highest BCUT2D eigenvalue weighted by Crippen LogP contribution is 2.29. The minimum Gasteiger partial charge on any atom is -0.327 e. The van der Waals surface area contributed by atoms with E-state index in [4.69, 9.17) is 23.2 Å². The number of hydrogen-bond acceptors (Lipinski definition) is 1. The smallest absolute Gasteiger partial charge is 0.111 e. The molecule has 0 unspecified atom stereocenters. The number of halogens is 2. The summed E-state index contributed by atoms with van der Waals surface area (Å²) in [5.74, 6) is 1.60. The first kappa shape index (κ1) is 14.7. The summed E-state index contributed by atoms with van der Waals surface area (Å²) < 4.78 is 2.27. The van der Waals surface area contributed by atoms with Crippen LogP contribution in [-0.2, 0) is 13.0 Å². The molecule has 4 heteroatoms. The third-order valence-electron chi connectivity index (χ3n) is 3.67. The summed E-state index contributed by atoms with van der Waals surface area (Å²) in [6.45, 7) is 7.70. The van der Waals surface area contributed by atoms with Crippen molar-refractivity contribution in [1.82, 2.24) is 9.55 Å². The molecule has 2 aromatic rings. The predicted molar refractivity (Wildman–Crippen MR) is 83.2 cm³/mol. The lowest BCUT2D eigenvalue weighted by atomic mass is 9.90. The molecule has 0 saturated carbocycles. The number of aryl methyl sites for hydroxylation is 1. The zero-order valence-corrected chi connectivity index (χ0v) is 13.2. The Labute approximate surface area is 124 Å². The molecule has 0 radical (unpaired) electrons. The normalized spacial score (nSPS) is 12.3. The Balaban J connectivity index is 2.55. The van der Waals surface area contributed by atoms with Gasteiger partial charge in [0.15, 0.2) is 0 Å². The fourth-order valence-corrected chi connectivity index (χ4v) is 2.53. The molecule has 0 spiro atoms. The van der Waals surface area contributed by atoms with Crippen molar-refractivity contribution in [2.24, 2.45) is 5.41 Å². The molecule has 0 fully saturated rings. The van der Waals surface area contributed by atoms with Crippen LogP contribution in [0.5, 0.6) is 0 Å². The molecule has 0 bridgehead atoms. The number of aromatic nitrogens is 2. The molecule has 1 heterocycles. The van der Waals surface area contributed by atoms with E-state index < -0.39 is 0 Å². The van der Waals surface area contributed by atoms with E-state index in [1.54, 1.807) is 0 Å². The fourth-order valence-electron chi connectivity index (χ4n) is 2.15. The highest BCUT2D eigenvalue weighted by Gasteiger charge is 2.20. The molecular weight excluding hydrogens is 279 g/mol. The third-order valence-corrected chi connectivity index (χ3v) is 4.16. The van der Waals surface area contributed by atoms with E-state index in [1.165, 1.54) is 0 Å². The van der Waals surface area contributed by atoms with Crippen LogP contribution in [0.3, 0.4) is 0 Å². The maximum atomic E-state index is 6.24. The molecular formula is C15H20Cl2N2. The van der Waals surface area contributed by atoms with Crippen molar-refractivity contribution in [2.75, 3.05) is 5.88 Å². The first-order valence-corrected chi connectivity index (χ1v) is 7.59. The lowest BCUT2D eigenvalue weighted by Crippen LogP contribution is -2.20. The van der Waals surface area contributed by atoms with Gasteiger partial charge >= 0.3 is 0 Å². The average Bonchev–Trinajstić information content (AvgIpc) is 2.70. The largest absolute Gasteiger partial charge is 0.327 e. The Morgan fingerprint density at radius 1 is 1.32 bits per heavy atom. The van der Waals surface area contributed by atoms with Gasteiger partial charge in [0, 0.05) is 18.8 Å². The number of hydrogen-bond donors (Lipinski definition) is 0. The van der Waals surface area contributed by atoms with Crippen molar-refractivity contribution >= 4 is 34.2 Å². The minimum absolute atomic E-state index is 0.233. The molecule has 104 valence electrons. The van der Waals surface area contributed by atoms with Gasteiger partial charge in [0.05, 0.1) is 10.5 Å². The number of rotatable bonds is 5. The zero-order valence-electron chi connectivity index (χ0n) is 11.7. The highest BCUT2D eigenvalue weighted by molar-refractivity contribution is 6.34. The minimum atomic E-state index is 0.233. The first-order valence-electron chi connectivity index (χ1n) is 6.68. The summed E-state index contributed by atoms with van der Waals surface area (Å²) in [5, 5.41) is 0.710. The third kappa shape index (κ3) is 3.06. The number of fused-ring (bicyclic) bond motifs is 1. The van der Waals surface area contributed by atoms with E-state index in [-0.39, 0.29) is 5.41 Å². The monoisotopic (exact) mass is 298 g/mol. The van der Waals surface area contributed by atoms with Crippen molar-refractivity contribution in [3.63, 3.8) is 0 Å². The molecule has 0 aliphatic heterocycles. The molecule has 2 nitrogen and oxygen atoms in total. The standard InChI is InChI=1S/C15H20Cl2N2/c1-4-15(2,3)10-19-12-7-5-6-11(17)14(12)18-13(19)8-9-16/h5-7H,4,8-10H2,1-3H3. The second kappa shape index (κ2) is 5.72. The number of para-hydroxylation sites is 1. The maximum Gasteiger partial charge on any atom is 0.111 e. The van der Waals surface area contributed by atoms with Gasteiger partial charge in [-0.15, -0.1) is 11.6 Å². The van der Waals surface area contributed by atoms with Gasteiger partial charge in [-0.25, -0.2) is 4.98 Å². The SMILES string of the molecule is CCC(C)(C)Cn1c(CCCl)nc2c(Cl)cccc21. The first-order chi connectivity index (χ1) is 8.98. The van der Waals surface area contributed by atoms with Gasteiger partial charge in [0.25, 0.3) is 0 Å². The second-order valence-corrected chi connectivity index (χ2v) is 6.46. The highest BCUT2D eigenvalue weighted by atomic mass is 35.5. The number of benzene rings is 1. The Morgan fingerprint density at radius 2 is 2.05 bits per heavy atom. The molecule has 1 aromatic heterocycles. The molecule has 2 rings (SSSR count). The summed E-state index contributed by atoms with van der Waals surface area (Å²) in [4.78, 5) is 4.67. The van der Waals surface area contributed by atoms with Crippen LogP contribution < -0.4 is 0 Å². The van der Waals surface area contributed by atoms with Crippen LogP contribution in [0.4, 0.5) is 0 Å². The summed E-state index contributed by atoms with van der Waals surface area (Å²) in [5.41, 5.74) is 2.22. The molecule has 0 N–H and O–H groups in total. The van der Waals surface area contributed by atoms with Gasteiger partial charge in [-0.2, -0.15) is 0 Å². The molecule has 0 atom stereocenters. The zero-order chi connectivity index (χ0) is 14.0. The van der Waals surface area contributed by atoms with E-state index >= 15 is 0 Å². The van der Waals surface area contributed by atoms with E-state index in [9.17, 15) is 0 Å². The molecule has 0 aliphatic carbocycles. The van der Waals surface area contributed by atoms with Crippen LogP contribution in [0.1, 0.15) is 33.0 Å². The molecule has 0 aliphatic rings. The van der Waals surface area contributed by atoms with Crippen molar-refractivity contribution in [3.8, 4) is 0 Å². The Kier molecular flexibility index (Phi) is 4.42. The van der Waals surface area contributed by atoms with Gasteiger partial charge in [0.1, 0.15) is 11.3 Å². The summed E-state index contributed by atoms with van der Waals surface area (Å²) in [6, 6.07) is 5.95. The van der Waals surface area contributed by atoms with Crippen molar-refractivity contribution < 1.29 is 0 Å². The van der Waals surface area contributed by atoms with E-state index in [0.717, 1.165) is 36.2 Å². The van der Waals surface area contributed by atoms with Crippen LogP contribution in [0.2, 0.25) is 5.02 Å². The molecule has 0 saturated heterocycles. The summed E-state index contributed by atoms with van der Waals surface area (Å²) in [7, 11) is 0. The molecule has 0 amide bonds. The quantitative estimate of drug-likeness (QED) is 0.717. The van der Waals surface area contributed by atoms with Crippen molar-refractivity contribution in [3.05, 3.63) is 29.0 Å². The molecule has 19 heavy (non-hydrogen) atoms. The van der Waals surface area contributed by atoms with Crippen molar-refractivity contribution in [2.45, 2.75) is 40.2 Å². The van der Waals surface area contributed by atoms with Crippen LogP contribution in [0.15, 0.2) is 18.2 Å². The molecule has 1 aromatic carbocycles. The van der Waals surface area contributed by atoms with Crippen LogP contribution in [-0.4, -0.2) is 15.4 Å². The number of nitrogens with zero attached hydrogens (tertiary/aromatic N) is 2. The topological polar surface area (TPSA) is 17.8 Å². The van der Waals surface area contributed by atoms with E-state index in [2.05, 4.69) is 36.4 Å². The van der Waals surface area contributed by atoms with E-state index in [0.29, 0.717) is 10.9 Å². The second-order valence-electron chi connectivity index (χ2n) is 5.68. The van der Waals surface area contributed by atoms with Crippen LogP contribution in [0.25, 0.3) is 11.0 Å². The number of alkyl halides is 1. The fraction of sp³-hybridized carbons (Fsp3) is 0.533. The predicted octanol–water partition coefficient (Wildman–Crippen LogP) is 4.91.